The fraction of sp³-hybridized carbons (Fsp3) is 0.444. The van der Waals surface area contributed by atoms with E-state index in [9.17, 15) is 0 Å². The number of piperazine rings is 1. The summed E-state index contributed by atoms with van der Waals surface area (Å²) < 4.78 is 0. The lowest BCUT2D eigenvalue weighted by molar-refractivity contribution is 0.430. The molecule has 7 heteroatoms. The van der Waals surface area contributed by atoms with Crippen molar-refractivity contribution in [2.45, 2.75) is 6.04 Å². The van der Waals surface area contributed by atoms with Crippen LogP contribution in [0.15, 0.2) is 6.20 Å². The lowest BCUT2D eigenvalue weighted by Gasteiger charge is -2.26. The van der Waals surface area contributed by atoms with Gasteiger partial charge in [0.2, 0.25) is 0 Å². The normalized spacial score (nSPS) is 20.3. The highest BCUT2D eigenvalue weighted by molar-refractivity contribution is 6.43. The number of hydrogen-bond donors (Lipinski definition) is 2. The summed E-state index contributed by atoms with van der Waals surface area (Å²) in [5.41, 5.74) is 0.825. The lowest BCUT2D eigenvalue weighted by Crippen LogP contribution is -2.42. The second kappa shape index (κ2) is 6.24. The zero-order valence-electron chi connectivity index (χ0n) is 8.27. The Morgan fingerprint density at radius 1 is 1.25 bits per heavy atom. The second-order valence-corrected chi connectivity index (χ2v) is 4.48. The zero-order chi connectivity index (χ0) is 10.8. The maximum atomic E-state index is 6.09. The van der Waals surface area contributed by atoms with Crippen LogP contribution < -0.4 is 10.6 Å². The van der Waals surface area contributed by atoms with E-state index in [-0.39, 0.29) is 18.4 Å². The summed E-state index contributed by atoms with van der Waals surface area (Å²) in [7, 11) is 0. The van der Waals surface area contributed by atoms with E-state index in [1.165, 1.54) is 6.20 Å². The summed E-state index contributed by atoms with van der Waals surface area (Å²) in [5.74, 6) is 0. The molecule has 1 saturated heterocycles. The van der Waals surface area contributed by atoms with E-state index in [1.54, 1.807) is 0 Å². The summed E-state index contributed by atoms with van der Waals surface area (Å²) in [4.78, 5) is 3.89. The molecule has 1 atom stereocenters. The summed E-state index contributed by atoms with van der Waals surface area (Å²) in [5, 5.41) is 7.87. The van der Waals surface area contributed by atoms with Crippen LogP contribution >= 0.6 is 47.2 Å². The van der Waals surface area contributed by atoms with Crippen LogP contribution in [0.25, 0.3) is 0 Å². The number of nitrogens with zero attached hydrogens (tertiary/aromatic N) is 1. The molecule has 2 heterocycles. The Kier molecular flexibility index (Phi) is 5.57. The van der Waals surface area contributed by atoms with Gasteiger partial charge in [0.05, 0.1) is 10.0 Å². The molecule has 0 aromatic carbocycles. The molecule has 0 aliphatic carbocycles. The minimum atomic E-state index is 0. The van der Waals surface area contributed by atoms with E-state index in [2.05, 4.69) is 15.6 Å². The van der Waals surface area contributed by atoms with Crippen molar-refractivity contribution in [3.05, 3.63) is 27.0 Å². The molecule has 2 N–H and O–H groups in total. The van der Waals surface area contributed by atoms with Crippen LogP contribution in [0.3, 0.4) is 0 Å². The molecule has 0 unspecified atom stereocenters. The van der Waals surface area contributed by atoms with Crippen molar-refractivity contribution in [1.29, 1.82) is 0 Å². The SMILES string of the molecule is Cl.Clc1cnc(Cl)c(Cl)c1[C@H]1CNCCN1. The molecular formula is C9H11Cl4N3. The molecule has 3 nitrogen and oxygen atoms in total. The fourth-order valence-corrected chi connectivity index (χ4v) is 2.39. The van der Waals surface area contributed by atoms with Crippen LogP contribution in [-0.4, -0.2) is 24.6 Å². The molecule has 1 aliphatic rings. The zero-order valence-corrected chi connectivity index (χ0v) is 11.3. The van der Waals surface area contributed by atoms with E-state index >= 15 is 0 Å². The smallest absolute Gasteiger partial charge is 0.148 e. The monoisotopic (exact) mass is 301 g/mol. The molecular weight excluding hydrogens is 292 g/mol. The van der Waals surface area contributed by atoms with Gasteiger partial charge in [-0.05, 0) is 0 Å². The van der Waals surface area contributed by atoms with Crippen LogP contribution in [-0.2, 0) is 0 Å². The molecule has 0 amide bonds. The number of halogens is 4. The van der Waals surface area contributed by atoms with Crippen molar-refractivity contribution < 1.29 is 0 Å². The highest BCUT2D eigenvalue weighted by Crippen LogP contribution is 2.34. The van der Waals surface area contributed by atoms with Crippen LogP contribution in [0.5, 0.6) is 0 Å². The molecule has 0 saturated carbocycles. The first kappa shape index (κ1) is 14.3. The molecule has 16 heavy (non-hydrogen) atoms. The highest BCUT2D eigenvalue weighted by Gasteiger charge is 2.21. The van der Waals surface area contributed by atoms with Crippen molar-refractivity contribution in [2.75, 3.05) is 19.6 Å². The van der Waals surface area contributed by atoms with Gasteiger partial charge in [0.25, 0.3) is 0 Å². The van der Waals surface area contributed by atoms with Crippen molar-refractivity contribution in [3.8, 4) is 0 Å². The Labute approximate surface area is 115 Å². The predicted molar refractivity (Wildman–Crippen MR) is 70.1 cm³/mol. The maximum absolute atomic E-state index is 6.09. The first-order chi connectivity index (χ1) is 7.20. The van der Waals surface area contributed by atoms with E-state index < -0.39 is 0 Å². The van der Waals surface area contributed by atoms with Gasteiger partial charge in [-0.15, -0.1) is 12.4 Å². The average molecular weight is 303 g/mol. The fourth-order valence-electron chi connectivity index (χ4n) is 1.63. The minimum Gasteiger partial charge on any atom is -0.314 e. The number of hydrogen-bond acceptors (Lipinski definition) is 3. The van der Waals surface area contributed by atoms with Gasteiger partial charge in [-0.3, -0.25) is 0 Å². The first-order valence-corrected chi connectivity index (χ1v) is 5.77. The third-order valence-corrected chi connectivity index (χ3v) is 3.42. The maximum Gasteiger partial charge on any atom is 0.148 e. The van der Waals surface area contributed by atoms with Gasteiger partial charge in [0, 0.05) is 37.4 Å². The minimum absolute atomic E-state index is 0. The van der Waals surface area contributed by atoms with Gasteiger partial charge >= 0.3 is 0 Å². The number of aromatic nitrogens is 1. The third-order valence-electron chi connectivity index (χ3n) is 2.36. The Morgan fingerprint density at radius 2 is 2.00 bits per heavy atom. The summed E-state index contributed by atoms with van der Waals surface area (Å²) in [6.45, 7) is 2.63. The van der Waals surface area contributed by atoms with E-state index in [0.29, 0.717) is 15.2 Å². The average Bonchev–Trinajstić information content (AvgIpc) is 2.26. The second-order valence-electron chi connectivity index (χ2n) is 3.34. The lowest BCUT2D eigenvalue weighted by atomic mass is 10.1. The standard InChI is InChI=1S/C9H10Cl3N3.ClH/c10-5-3-15-9(12)8(11)7(5)6-4-13-1-2-14-6;/h3,6,13-14H,1-2,4H2;1H/t6-;/m1./s1. The van der Waals surface area contributed by atoms with E-state index in [4.69, 9.17) is 34.8 Å². The summed E-state index contributed by atoms with van der Waals surface area (Å²) in [6.07, 6.45) is 1.53. The highest BCUT2D eigenvalue weighted by atomic mass is 35.5. The molecule has 1 aromatic heterocycles. The van der Waals surface area contributed by atoms with E-state index in [0.717, 1.165) is 25.2 Å². The van der Waals surface area contributed by atoms with Gasteiger partial charge in [-0.2, -0.15) is 0 Å². The van der Waals surface area contributed by atoms with Crippen LogP contribution in [0.2, 0.25) is 15.2 Å². The Morgan fingerprint density at radius 3 is 2.62 bits per heavy atom. The van der Waals surface area contributed by atoms with Gasteiger partial charge in [-0.1, -0.05) is 34.8 Å². The molecule has 1 fully saturated rings. The largest absolute Gasteiger partial charge is 0.314 e. The Hall–Kier alpha value is 0.230. The molecule has 0 spiro atoms. The quantitative estimate of drug-likeness (QED) is 0.783. The van der Waals surface area contributed by atoms with Gasteiger partial charge in [0.15, 0.2) is 0 Å². The topological polar surface area (TPSA) is 37.0 Å². The van der Waals surface area contributed by atoms with E-state index in [1.807, 2.05) is 0 Å². The van der Waals surface area contributed by atoms with Crippen molar-refractivity contribution >= 4 is 47.2 Å². The summed E-state index contributed by atoms with van der Waals surface area (Å²) in [6, 6.07) is 0.0965. The van der Waals surface area contributed by atoms with Gasteiger partial charge in [-0.25, -0.2) is 4.98 Å². The van der Waals surface area contributed by atoms with Crippen LogP contribution in [0.4, 0.5) is 0 Å². The van der Waals surface area contributed by atoms with Crippen LogP contribution in [0.1, 0.15) is 11.6 Å². The summed E-state index contributed by atoms with van der Waals surface area (Å²) >= 11 is 18.0. The van der Waals surface area contributed by atoms with Gasteiger partial charge < -0.3 is 10.6 Å². The Bertz CT molecular complexity index is 366. The molecule has 1 aromatic rings. The third kappa shape index (κ3) is 2.92. The molecule has 0 bridgehead atoms. The first-order valence-electron chi connectivity index (χ1n) is 4.63. The molecule has 90 valence electrons. The Balaban J connectivity index is 0.00000128. The molecule has 0 radical (unpaired) electrons. The van der Waals surface area contributed by atoms with Gasteiger partial charge in [0.1, 0.15) is 5.15 Å². The number of pyridine rings is 1. The van der Waals surface area contributed by atoms with Crippen molar-refractivity contribution in [3.63, 3.8) is 0 Å². The van der Waals surface area contributed by atoms with Crippen molar-refractivity contribution in [1.82, 2.24) is 15.6 Å². The van der Waals surface area contributed by atoms with Crippen molar-refractivity contribution in [2.24, 2.45) is 0 Å². The molecule has 2 rings (SSSR count). The number of nitrogens with one attached hydrogen (secondary N) is 2. The van der Waals surface area contributed by atoms with Crippen LogP contribution in [0, 0.1) is 0 Å². The predicted octanol–water partition coefficient (Wildman–Crippen LogP) is 2.70. The molecule has 1 aliphatic heterocycles. The number of rotatable bonds is 1.